The first-order chi connectivity index (χ1) is 9.96. The van der Waals surface area contributed by atoms with Crippen LogP contribution in [0.4, 0.5) is 0 Å². The van der Waals surface area contributed by atoms with Gasteiger partial charge in [-0.1, -0.05) is 19.9 Å². The largest absolute Gasteiger partial charge is 0.481 e. The molecule has 2 aromatic rings. The van der Waals surface area contributed by atoms with Crippen molar-refractivity contribution in [3.8, 4) is 0 Å². The average molecular weight is 289 g/mol. The fraction of sp³-hybridized carbons (Fsp3) is 0.500. The number of carbonyl (C=O) groups is 1. The highest BCUT2D eigenvalue weighted by atomic mass is 16.4. The molecule has 114 valence electrons. The normalized spacial score (nSPS) is 11.9. The predicted octanol–water partition coefficient (Wildman–Crippen LogP) is 2.71. The standard InChI is InChI=1S/C16H23N3O2/c1-16(2,7-6-15(20)21)8-9-17-11-13-12-19-10-4-3-5-14(19)18-13/h3-5,10,12,17H,6-9,11H2,1-2H3,(H,20,21). The van der Waals surface area contributed by atoms with E-state index in [0.717, 1.165) is 30.9 Å². The molecule has 0 atom stereocenters. The van der Waals surface area contributed by atoms with Crippen LogP contribution in [-0.4, -0.2) is 27.0 Å². The third-order valence-corrected chi connectivity index (χ3v) is 3.71. The number of rotatable bonds is 8. The summed E-state index contributed by atoms with van der Waals surface area (Å²) in [6.45, 7) is 5.82. The molecule has 0 aliphatic carbocycles. The van der Waals surface area contributed by atoms with Crippen LogP contribution < -0.4 is 5.32 Å². The van der Waals surface area contributed by atoms with Gasteiger partial charge in [0.2, 0.25) is 0 Å². The summed E-state index contributed by atoms with van der Waals surface area (Å²) < 4.78 is 2.01. The van der Waals surface area contributed by atoms with Crippen LogP contribution in [-0.2, 0) is 11.3 Å². The molecule has 2 aromatic heterocycles. The molecule has 2 rings (SSSR count). The van der Waals surface area contributed by atoms with Crippen molar-refractivity contribution in [1.82, 2.24) is 14.7 Å². The van der Waals surface area contributed by atoms with Crippen LogP contribution in [0, 0.1) is 5.41 Å². The van der Waals surface area contributed by atoms with Gasteiger partial charge in [-0.2, -0.15) is 0 Å². The lowest BCUT2D eigenvalue weighted by Gasteiger charge is -2.23. The van der Waals surface area contributed by atoms with E-state index >= 15 is 0 Å². The van der Waals surface area contributed by atoms with Crippen LogP contribution in [0.25, 0.3) is 5.65 Å². The van der Waals surface area contributed by atoms with Gasteiger partial charge in [-0.05, 0) is 36.9 Å². The van der Waals surface area contributed by atoms with Crippen molar-refractivity contribution in [2.24, 2.45) is 5.41 Å². The van der Waals surface area contributed by atoms with Crippen LogP contribution in [0.5, 0.6) is 0 Å². The molecule has 0 spiro atoms. The maximum Gasteiger partial charge on any atom is 0.303 e. The molecule has 5 nitrogen and oxygen atoms in total. The summed E-state index contributed by atoms with van der Waals surface area (Å²) in [5.41, 5.74) is 2.02. The second-order valence-electron chi connectivity index (χ2n) is 6.18. The van der Waals surface area contributed by atoms with Crippen molar-refractivity contribution < 1.29 is 9.90 Å². The highest BCUT2D eigenvalue weighted by molar-refractivity contribution is 5.66. The number of hydrogen-bond donors (Lipinski definition) is 2. The summed E-state index contributed by atoms with van der Waals surface area (Å²) in [4.78, 5) is 15.1. The monoisotopic (exact) mass is 289 g/mol. The third-order valence-electron chi connectivity index (χ3n) is 3.71. The van der Waals surface area contributed by atoms with Crippen LogP contribution in [0.3, 0.4) is 0 Å². The molecule has 0 aromatic carbocycles. The third kappa shape index (κ3) is 4.86. The molecule has 21 heavy (non-hydrogen) atoms. The van der Waals surface area contributed by atoms with Gasteiger partial charge >= 0.3 is 5.97 Å². The van der Waals surface area contributed by atoms with Crippen LogP contribution in [0.1, 0.15) is 38.8 Å². The van der Waals surface area contributed by atoms with E-state index < -0.39 is 5.97 Å². The van der Waals surface area contributed by atoms with Gasteiger partial charge < -0.3 is 14.8 Å². The molecule has 0 saturated heterocycles. The fourth-order valence-corrected chi connectivity index (χ4v) is 2.29. The van der Waals surface area contributed by atoms with Crippen LogP contribution in [0.2, 0.25) is 0 Å². The molecular weight excluding hydrogens is 266 g/mol. The second-order valence-corrected chi connectivity index (χ2v) is 6.18. The first-order valence-corrected chi connectivity index (χ1v) is 7.31. The summed E-state index contributed by atoms with van der Waals surface area (Å²) in [5, 5.41) is 12.1. The summed E-state index contributed by atoms with van der Waals surface area (Å²) in [7, 11) is 0. The molecule has 2 heterocycles. The maximum atomic E-state index is 10.6. The number of pyridine rings is 1. The Kier molecular flexibility index (Phi) is 4.96. The Morgan fingerprint density at radius 1 is 1.38 bits per heavy atom. The number of nitrogens with zero attached hydrogens (tertiary/aromatic N) is 2. The highest BCUT2D eigenvalue weighted by Crippen LogP contribution is 2.26. The summed E-state index contributed by atoms with van der Waals surface area (Å²) >= 11 is 0. The predicted molar refractivity (Wildman–Crippen MR) is 82.2 cm³/mol. The van der Waals surface area contributed by atoms with Crippen LogP contribution >= 0.6 is 0 Å². The van der Waals surface area contributed by atoms with E-state index in [1.54, 1.807) is 0 Å². The number of nitrogens with one attached hydrogen (secondary N) is 1. The van der Waals surface area contributed by atoms with Gasteiger partial charge in [0.1, 0.15) is 5.65 Å². The molecule has 2 N–H and O–H groups in total. The van der Waals surface area contributed by atoms with E-state index in [1.165, 1.54) is 0 Å². The Hall–Kier alpha value is -1.88. The van der Waals surface area contributed by atoms with Crippen molar-refractivity contribution in [3.05, 3.63) is 36.3 Å². The van der Waals surface area contributed by atoms with Crippen molar-refractivity contribution in [1.29, 1.82) is 0 Å². The number of aromatic nitrogens is 2. The van der Waals surface area contributed by atoms with Crippen molar-refractivity contribution in [2.45, 2.75) is 39.7 Å². The van der Waals surface area contributed by atoms with Gasteiger partial charge in [0, 0.05) is 25.4 Å². The number of carboxylic acids is 1. The Labute approximate surface area is 125 Å². The molecule has 0 unspecified atom stereocenters. The van der Waals surface area contributed by atoms with Gasteiger partial charge in [-0.3, -0.25) is 4.79 Å². The minimum atomic E-state index is -0.722. The summed E-state index contributed by atoms with van der Waals surface area (Å²) in [6, 6.07) is 5.94. The average Bonchev–Trinajstić information content (AvgIpc) is 2.84. The Morgan fingerprint density at radius 3 is 2.90 bits per heavy atom. The lowest BCUT2D eigenvalue weighted by atomic mass is 9.84. The molecule has 0 fully saturated rings. The van der Waals surface area contributed by atoms with E-state index in [2.05, 4.69) is 24.1 Å². The molecule has 0 radical (unpaired) electrons. The van der Waals surface area contributed by atoms with E-state index in [-0.39, 0.29) is 11.8 Å². The fourth-order valence-electron chi connectivity index (χ4n) is 2.29. The number of fused-ring (bicyclic) bond motifs is 1. The van der Waals surface area contributed by atoms with Crippen molar-refractivity contribution in [2.75, 3.05) is 6.54 Å². The first kappa shape index (κ1) is 15.5. The number of aliphatic carboxylic acids is 1. The second kappa shape index (κ2) is 6.72. The summed E-state index contributed by atoms with van der Waals surface area (Å²) in [6.07, 6.45) is 5.91. The zero-order valence-corrected chi connectivity index (χ0v) is 12.7. The van der Waals surface area contributed by atoms with Gasteiger partial charge in [0.15, 0.2) is 0 Å². The number of carboxylic acid groups (broad SMARTS) is 1. The molecule has 0 amide bonds. The topological polar surface area (TPSA) is 66.6 Å². The van der Waals surface area contributed by atoms with Crippen LogP contribution in [0.15, 0.2) is 30.6 Å². The Bertz CT molecular complexity index is 571. The minimum Gasteiger partial charge on any atom is -0.481 e. The molecule has 5 heteroatoms. The van der Waals surface area contributed by atoms with Gasteiger partial charge in [0.25, 0.3) is 0 Å². The number of hydrogen-bond acceptors (Lipinski definition) is 3. The van der Waals surface area contributed by atoms with E-state index in [9.17, 15) is 4.79 Å². The molecule has 0 saturated carbocycles. The molecule has 0 aliphatic heterocycles. The molecule has 0 bridgehead atoms. The van der Waals surface area contributed by atoms with Gasteiger partial charge in [0.05, 0.1) is 5.69 Å². The smallest absolute Gasteiger partial charge is 0.303 e. The Morgan fingerprint density at radius 2 is 2.19 bits per heavy atom. The molecular formula is C16H23N3O2. The van der Waals surface area contributed by atoms with Crippen molar-refractivity contribution in [3.63, 3.8) is 0 Å². The Balaban J connectivity index is 1.75. The minimum absolute atomic E-state index is 0.0459. The van der Waals surface area contributed by atoms with Gasteiger partial charge in [-0.25, -0.2) is 4.98 Å². The zero-order chi connectivity index (χ0) is 15.3. The lowest BCUT2D eigenvalue weighted by molar-refractivity contribution is -0.137. The lowest BCUT2D eigenvalue weighted by Crippen LogP contribution is -2.23. The number of imidazole rings is 1. The van der Waals surface area contributed by atoms with E-state index in [0.29, 0.717) is 6.42 Å². The SMILES string of the molecule is CC(C)(CCNCc1cn2ccccc2n1)CCC(=O)O. The quantitative estimate of drug-likeness (QED) is 0.733. The highest BCUT2D eigenvalue weighted by Gasteiger charge is 2.18. The van der Waals surface area contributed by atoms with E-state index in [1.807, 2.05) is 35.0 Å². The zero-order valence-electron chi connectivity index (χ0n) is 12.7. The maximum absolute atomic E-state index is 10.6. The van der Waals surface area contributed by atoms with E-state index in [4.69, 9.17) is 5.11 Å². The van der Waals surface area contributed by atoms with Crippen molar-refractivity contribution >= 4 is 11.6 Å². The molecule has 0 aliphatic rings. The summed E-state index contributed by atoms with van der Waals surface area (Å²) in [5.74, 6) is -0.722. The van der Waals surface area contributed by atoms with Gasteiger partial charge in [-0.15, -0.1) is 0 Å². The first-order valence-electron chi connectivity index (χ1n) is 7.31.